The summed E-state index contributed by atoms with van der Waals surface area (Å²) in [4.78, 5) is 49.2. The fourth-order valence-electron chi connectivity index (χ4n) is 3.86. The predicted octanol–water partition coefficient (Wildman–Crippen LogP) is 2.63. The zero-order valence-corrected chi connectivity index (χ0v) is 21.4. The number of nitrogens with one attached hydrogen (secondary N) is 3. The fraction of sp³-hybridized carbons (Fsp3) is 0.385. The van der Waals surface area contributed by atoms with Gasteiger partial charge in [-0.2, -0.15) is 0 Å². The molecule has 0 radical (unpaired) electrons. The molecule has 0 aliphatic carbocycles. The average molecular weight is 515 g/mol. The Labute approximate surface area is 215 Å². The summed E-state index contributed by atoms with van der Waals surface area (Å²) >= 11 is 0. The Balaban J connectivity index is 2.18. The lowest BCUT2D eigenvalue weighted by Gasteiger charge is -2.24. The van der Waals surface area contributed by atoms with Crippen molar-refractivity contribution in [3.8, 4) is 11.5 Å². The number of anilines is 1. The third-order valence-electron chi connectivity index (χ3n) is 5.63. The van der Waals surface area contributed by atoms with Crippen molar-refractivity contribution in [1.29, 1.82) is 0 Å². The van der Waals surface area contributed by atoms with E-state index in [1.165, 1.54) is 26.4 Å². The number of amides is 3. The first kappa shape index (κ1) is 29.1. The van der Waals surface area contributed by atoms with E-state index < -0.39 is 35.7 Å². The summed E-state index contributed by atoms with van der Waals surface area (Å²) in [6.45, 7) is 3.87. The third-order valence-corrected chi connectivity index (χ3v) is 5.63. The largest absolute Gasteiger partial charge is 0.493 e. The molecule has 0 saturated heterocycles. The SMILES string of the molecule is COc1ccc([C@H](CC(=O)O)NC(=O)C(CC(=O)Nc2ccc(C(=O)NN)cc2)CC(C)C)cc1OC. The number of methoxy groups -OCH3 is 2. The van der Waals surface area contributed by atoms with Gasteiger partial charge in [0.1, 0.15) is 0 Å². The number of carbonyl (C=O) groups is 4. The topological polar surface area (TPSA) is 169 Å². The van der Waals surface area contributed by atoms with E-state index in [-0.39, 0.29) is 18.8 Å². The molecule has 2 aromatic rings. The Morgan fingerprint density at radius 1 is 0.946 bits per heavy atom. The summed E-state index contributed by atoms with van der Waals surface area (Å²) in [7, 11) is 2.95. The van der Waals surface area contributed by atoms with Gasteiger partial charge in [0.25, 0.3) is 5.91 Å². The van der Waals surface area contributed by atoms with E-state index in [0.29, 0.717) is 34.7 Å². The highest BCUT2D eigenvalue weighted by molar-refractivity contribution is 5.96. The van der Waals surface area contributed by atoms with Crippen LogP contribution in [0.5, 0.6) is 11.5 Å². The fourth-order valence-corrected chi connectivity index (χ4v) is 3.86. The molecule has 0 saturated carbocycles. The van der Waals surface area contributed by atoms with Crippen molar-refractivity contribution in [2.75, 3.05) is 19.5 Å². The van der Waals surface area contributed by atoms with Crippen LogP contribution in [-0.4, -0.2) is 43.0 Å². The minimum absolute atomic E-state index is 0.108. The van der Waals surface area contributed by atoms with Gasteiger partial charge in [0, 0.05) is 23.6 Å². The summed E-state index contributed by atoms with van der Waals surface area (Å²) in [5, 5.41) is 15.0. The van der Waals surface area contributed by atoms with E-state index in [0.717, 1.165) is 0 Å². The van der Waals surface area contributed by atoms with Crippen LogP contribution in [0.1, 0.15) is 55.1 Å². The molecule has 0 fully saturated rings. The Hall–Kier alpha value is -4.12. The number of rotatable bonds is 13. The monoisotopic (exact) mass is 514 g/mol. The maximum Gasteiger partial charge on any atom is 0.305 e. The smallest absolute Gasteiger partial charge is 0.305 e. The van der Waals surface area contributed by atoms with Crippen molar-refractivity contribution in [3.05, 3.63) is 53.6 Å². The second-order valence-electron chi connectivity index (χ2n) is 8.90. The maximum atomic E-state index is 13.3. The highest BCUT2D eigenvalue weighted by Gasteiger charge is 2.27. The number of hydrazine groups is 1. The number of benzene rings is 2. The van der Waals surface area contributed by atoms with Gasteiger partial charge >= 0.3 is 5.97 Å². The molecule has 3 amide bonds. The van der Waals surface area contributed by atoms with Crippen LogP contribution in [0.15, 0.2) is 42.5 Å². The number of hydrogen-bond donors (Lipinski definition) is 5. The van der Waals surface area contributed by atoms with E-state index >= 15 is 0 Å². The van der Waals surface area contributed by atoms with Crippen LogP contribution in [0, 0.1) is 11.8 Å². The van der Waals surface area contributed by atoms with Crippen molar-refractivity contribution in [3.63, 3.8) is 0 Å². The molecule has 0 bridgehead atoms. The van der Waals surface area contributed by atoms with Gasteiger partial charge in [0.05, 0.1) is 26.7 Å². The second-order valence-corrected chi connectivity index (χ2v) is 8.90. The van der Waals surface area contributed by atoms with Gasteiger partial charge in [-0.25, -0.2) is 5.84 Å². The van der Waals surface area contributed by atoms with Gasteiger partial charge in [-0.1, -0.05) is 19.9 Å². The first-order chi connectivity index (χ1) is 17.6. The van der Waals surface area contributed by atoms with E-state index in [2.05, 4.69) is 10.6 Å². The standard InChI is InChI=1S/C26H34N4O7/c1-15(2)11-18(13-23(31)28-19-8-5-16(6-9-19)26(35)30-27)25(34)29-20(14-24(32)33)17-7-10-21(36-3)22(12-17)37-4/h5-10,12,15,18,20H,11,13-14,27H2,1-4H3,(H,28,31)(H,29,34)(H,30,35)(H,32,33)/t18?,20-/m0/s1. The lowest BCUT2D eigenvalue weighted by Crippen LogP contribution is -2.37. The summed E-state index contributed by atoms with van der Waals surface area (Å²) in [5.41, 5.74) is 3.34. The van der Waals surface area contributed by atoms with Crippen molar-refractivity contribution >= 4 is 29.4 Å². The van der Waals surface area contributed by atoms with Crippen LogP contribution >= 0.6 is 0 Å². The van der Waals surface area contributed by atoms with E-state index in [9.17, 15) is 24.3 Å². The van der Waals surface area contributed by atoms with Crippen molar-refractivity contribution < 1.29 is 33.8 Å². The Morgan fingerprint density at radius 2 is 1.59 bits per heavy atom. The minimum atomic E-state index is -1.09. The highest BCUT2D eigenvalue weighted by atomic mass is 16.5. The number of aliphatic carboxylic acids is 1. The quantitative estimate of drug-likeness (QED) is 0.154. The molecule has 6 N–H and O–H groups in total. The van der Waals surface area contributed by atoms with Gasteiger partial charge in [-0.15, -0.1) is 0 Å². The van der Waals surface area contributed by atoms with Crippen LogP contribution < -0.4 is 31.4 Å². The van der Waals surface area contributed by atoms with E-state index in [1.807, 2.05) is 19.3 Å². The minimum Gasteiger partial charge on any atom is -0.493 e. The zero-order chi connectivity index (χ0) is 27.5. The van der Waals surface area contributed by atoms with Gasteiger partial charge in [0.2, 0.25) is 11.8 Å². The number of carboxylic acid groups (broad SMARTS) is 1. The molecular formula is C26H34N4O7. The maximum absolute atomic E-state index is 13.3. The van der Waals surface area contributed by atoms with E-state index in [1.54, 1.807) is 30.3 Å². The molecule has 0 aromatic heterocycles. The number of carbonyl (C=O) groups excluding carboxylic acids is 3. The molecule has 1 unspecified atom stereocenters. The van der Waals surface area contributed by atoms with E-state index in [4.69, 9.17) is 15.3 Å². The third kappa shape index (κ3) is 8.80. The molecule has 11 nitrogen and oxygen atoms in total. The van der Waals surface area contributed by atoms with Crippen LogP contribution in [0.25, 0.3) is 0 Å². The summed E-state index contributed by atoms with van der Waals surface area (Å²) < 4.78 is 10.5. The molecule has 2 atom stereocenters. The number of ether oxygens (including phenoxy) is 2. The molecule has 37 heavy (non-hydrogen) atoms. The molecule has 0 spiro atoms. The predicted molar refractivity (Wildman–Crippen MR) is 137 cm³/mol. The van der Waals surface area contributed by atoms with Gasteiger partial charge in [0.15, 0.2) is 11.5 Å². The number of nitrogens with two attached hydrogens (primary N) is 1. The second kappa shape index (κ2) is 13.8. The van der Waals surface area contributed by atoms with Crippen molar-refractivity contribution in [1.82, 2.24) is 10.7 Å². The molecule has 11 heteroatoms. The number of hydrogen-bond acceptors (Lipinski definition) is 7. The molecule has 2 aromatic carbocycles. The Morgan fingerprint density at radius 3 is 2.14 bits per heavy atom. The van der Waals surface area contributed by atoms with Gasteiger partial charge in [-0.3, -0.25) is 24.6 Å². The van der Waals surface area contributed by atoms with Gasteiger partial charge < -0.3 is 25.2 Å². The van der Waals surface area contributed by atoms with Crippen LogP contribution in [-0.2, 0) is 14.4 Å². The van der Waals surface area contributed by atoms with Crippen LogP contribution in [0.3, 0.4) is 0 Å². The lowest BCUT2D eigenvalue weighted by molar-refractivity contribution is -0.138. The molecular weight excluding hydrogens is 480 g/mol. The van der Waals surface area contributed by atoms with Crippen LogP contribution in [0.4, 0.5) is 5.69 Å². The lowest BCUT2D eigenvalue weighted by atomic mass is 9.92. The first-order valence-electron chi connectivity index (χ1n) is 11.7. The zero-order valence-electron chi connectivity index (χ0n) is 21.4. The summed E-state index contributed by atoms with van der Waals surface area (Å²) in [5.74, 6) is 3.03. The normalized spacial score (nSPS) is 12.3. The highest BCUT2D eigenvalue weighted by Crippen LogP contribution is 2.31. The molecule has 200 valence electrons. The number of carboxylic acids is 1. The van der Waals surface area contributed by atoms with Gasteiger partial charge in [-0.05, 0) is 54.3 Å². The number of nitrogen functional groups attached to an aromatic ring is 1. The molecule has 2 rings (SSSR count). The Bertz CT molecular complexity index is 1100. The van der Waals surface area contributed by atoms with Crippen molar-refractivity contribution in [2.45, 2.75) is 39.2 Å². The molecule has 0 heterocycles. The first-order valence-corrected chi connectivity index (χ1v) is 11.7. The Kier molecular flexibility index (Phi) is 10.9. The summed E-state index contributed by atoms with van der Waals surface area (Å²) in [6.07, 6.45) is -0.0497. The van der Waals surface area contributed by atoms with Crippen molar-refractivity contribution in [2.24, 2.45) is 17.7 Å². The molecule has 0 aliphatic heterocycles. The molecule has 0 aliphatic rings. The average Bonchev–Trinajstić information content (AvgIpc) is 2.86. The van der Waals surface area contributed by atoms with Crippen LogP contribution in [0.2, 0.25) is 0 Å². The summed E-state index contributed by atoms with van der Waals surface area (Å²) in [6, 6.07) is 10.2.